The largest absolute Gasteiger partial charge is 0.368 e. The van der Waals surface area contributed by atoms with Crippen molar-refractivity contribution in [2.24, 2.45) is 0 Å². The van der Waals surface area contributed by atoms with Crippen LogP contribution < -0.4 is 16.4 Å². The highest BCUT2D eigenvalue weighted by Crippen LogP contribution is 2.26. The summed E-state index contributed by atoms with van der Waals surface area (Å²) < 4.78 is 0. The number of carbonyl (C=O) groups excluding carboxylic acids is 2. The Labute approximate surface area is 161 Å². The predicted octanol–water partition coefficient (Wildman–Crippen LogP) is 1.47. The lowest BCUT2D eigenvalue weighted by Crippen LogP contribution is -2.30. The lowest BCUT2D eigenvalue weighted by atomic mass is 9.99. The zero-order valence-electron chi connectivity index (χ0n) is 15.3. The SMILES string of the molecule is Cc1cc(C)c2cc1C(=O)NCCCNC(=O)CCSc1nc(N)nc-2n1. The Morgan fingerprint density at radius 2 is 1.74 bits per heavy atom. The molecule has 0 saturated heterocycles. The minimum atomic E-state index is -0.163. The van der Waals surface area contributed by atoms with Crippen molar-refractivity contribution in [2.45, 2.75) is 31.8 Å². The van der Waals surface area contributed by atoms with Crippen LogP contribution in [0.25, 0.3) is 11.4 Å². The van der Waals surface area contributed by atoms with Gasteiger partial charge in [0.2, 0.25) is 11.9 Å². The van der Waals surface area contributed by atoms with Crippen molar-refractivity contribution in [3.05, 3.63) is 28.8 Å². The van der Waals surface area contributed by atoms with Gasteiger partial charge in [-0.25, -0.2) is 4.98 Å². The van der Waals surface area contributed by atoms with Gasteiger partial charge in [0, 0.05) is 36.4 Å². The number of hydrogen-bond acceptors (Lipinski definition) is 7. The van der Waals surface area contributed by atoms with E-state index in [9.17, 15) is 9.59 Å². The van der Waals surface area contributed by atoms with Gasteiger partial charge in [0.1, 0.15) is 0 Å². The van der Waals surface area contributed by atoms with Gasteiger partial charge in [-0.15, -0.1) is 0 Å². The third-order valence-corrected chi connectivity index (χ3v) is 5.06. The van der Waals surface area contributed by atoms with Crippen LogP contribution >= 0.6 is 11.8 Å². The molecule has 4 N–H and O–H groups in total. The molecule has 1 aromatic heterocycles. The van der Waals surface area contributed by atoms with Crippen LogP contribution in [-0.4, -0.2) is 45.6 Å². The Kier molecular flexibility index (Phi) is 5.90. The number of anilines is 1. The third kappa shape index (κ3) is 4.73. The molecular formula is C18H22N6O2S. The van der Waals surface area contributed by atoms with E-state index >= 15 is 0 Å². The zero-order valence-corrected chi connectivity index (χ0v) is 16.2. The molecule has 142 valence electrons. The zero-order chi connectivity index (χ0) is 19.4. The summed E-state index contributed by atoms with van der Waals surface area (Å²) >= 11 is 1.36. The van der Waals surface area contributed by atoms with Crippen LogP contribution in [0.15, 0.2) is 17.3 Å². The highest BCUT2D eigenvalue weighted by molar-refractivity contribution is 7.99. The number of benzene rings is 1. The Balaban J connectivity index is 2.03. The summed E-state index contributed by atoms with van der Waals surface area (Å²) in [7, 11) is 0. The lowest BCUT2D eigenvalue weighted by Gasteiger charge is -2.13. The van der Waals surface area contributed by atoms with Crippen LogP contribution in [0, 0.1) is 13.8 Å². The van der Waals surface area contributed by atoms with Crippen LogP contribution in [0.2, 0.25) is 0 Å². The average Bonchev–Trinajstić information content (AvgIpc) is 2.60. The molecule has 2 amide bonds. The lowest BCUT2D eigenvalue weighted by molar-refractivity contribution is -0.120. The fourth-order valence-corrected chi connectivity index (χ4v) is 3.61. The van der Waals surface area contributed by atoms with Crippen LogP contribution in [-0.2, 0) is 4.79 Å². The summed E-state index contributed by atoms with van der Waals surface area (Å²) in [6.07, 6.45) is 1.02. The summed E-state index contributed by atoms with van der Waals surface area (Å²) in [4.78, 5) is 37.3. The van der Waals surface area contributed by atoms with Crippen LogP contribution in [0.5, 0.6) is 0 Å². The van der Waals surface area contributed by atoms with Crippen LogP contribution in [0.4, 0.5) is 5.95 Å². The van der Waals surface area contributed by atoms with Gasteiger partial charge in [0.25, 0.3) is 5.91 Å². The predicted molar refractivity (Wildman–Crippen MR) is 104 cm³/mol. The Bertz CT molecular complexity index is 886. The van der Waals surface area contributed by atoms with Crippen molar-refractivity contribution in [3.63, 3.8) is 0 Å². The number of nitrogen functional groups attached to an aromatic ring is 1. The quantitative estimate of drug-likeness (QED) is 0.626. The van der Waals surface area contributed by atoms with Gasteiger partial charge in [-0.1, -0.05) is 17.8 Å². The molecule has 1 aliphatic heterocycles. The van der Waals surface area contributed by atoms with E-state index in [0.717, 1.165) is 16.7 Å². The second kappa shape index (κ2) is 8.34. The number of rotatable bonds is 0. The minimum absolute atomic E-state index is 0.0416. The first-order valence-electron chi connectivity index (χ1n) is 8.75. The van der Waals surface area contributed by atoms with Gasteiger partial charge in [-0.2, -0.15) is 9.97 Å². The maximum Gasteiger partial charge on any atom is 0.251 e. The molecule has 9 heteroatoms. The number of aromatic nitrogens is 3. The first-order chi connectivity index (χ1) is 12.9. The number of hydrogen-bond donors (Lipinski definition) is 3. The van der Waals surface area contributed by atoms with Crippen molar-refractivity contribution in [3.8, 4) is 11.4 Å². The number of thioether (sulfide) groups is 1. The molecule has 8 nitrogen and oxygen atoms in total. The summed E-state index contributed by atoms with van der Waals surface area (Å²) in [6.45, 7) is 4.84. The average molecular weight is 386 g/mol. The van der Waals surface area contributed by atoms with E-state index < -0.39 is 0 Å². The number of carbonyl (C=O) groups is 2. The highest BCUT2D eigenvalue weighted by atomic mass is 32.2. The Hall–Kier alpha value is -2.68. The molecule has 27 heavy (non-hydrogen) atoms. The second-order valence-electron chi connectivity index (χ2n) is 6.34. The highest BCUT2D eigenvalue weighted by Gasteiger charge is 2.16. The molecule has 2 aromatic rings. The maximum atomic E-state index is 12.6. The molecule has 1 aromatic carbocycles. The fourth-order valence-electron chi connectivity index (χ4n) is 2.83. The standard InChI is InChI=1S/C18H22N6O2S/c1-10-8-11(2)13-9-12(10)15-22-17(19)24-18(23-15)27-7-4-14(25)20-5-3-6-21-16(13)26/h8-9H,3-7H2,1-2H3,(H,20,25)(H,21,26)(H2,19,22,23,24). The fraction of sp³-hybridized carbons (Fsp3) is 0.389. The molecule has 0 fully saturated rings. The van der Waals surface area contributed by atoms with Crippen LogP contribution in [0.1, 0.15) is 34.3 Å². The molecule has 0 unspecified atom stereocenters. The minimum Gasteiger partial charge on any atom is -0.368 e. The van der Waals surface area contributed by atoms with Crippen molar-refractivity contribution < 1.29 is 9.59 Å². The van der Waals surface area contributed by atoms with E-state index in [2.05, 4.69) is 25.6 Å². The van der Waals surface area contributed by atoms with E-state index in [-0.39, 0.29) is 17.8 Å². The first kappa shape index (κ1) is 19.1. The molecule has 1 aliphatic rings. The number of nitrogens with two attached hydrogens (primary N) is 1. The molecule has 3 rings (SSSR count). The van der Waals surface area contributed by atoms with Gasteiger partial charge in [0.05, 0.1) is 0 Å². The number of nitrogens with zero attached hydrogens (tertiary/aromatic N) is 3. The maximum absolute atomic E-state index is 12.6. The van der Waals surface area contributed by atoms with Gasteiger partial charge in [0.15, 0.2) is 11.0 Å². The van der Waals surface area contributed by atoms with Gasteiger partial charge < -0.3 is 16.4 Å². The van der Waals surface area contributed by atoms with Crippen molar-refractivity contribution >= 4 is 29.5 Å². The normalized spacial score (nSPS) is 15.8. The first-order valence-corrected chi connectivity index (χ1v) is 9.73. The summed E-state index contributed by atoms with van der Waals surface area (Å²) in [5.41, 5.74) is 8.99. The van der Waals surface area contributed by atoms with Gasteiger partial charge in [-0.3, -0.25) is 9.59 Å². The molecule has 0 spiro atoms. The molecule has 4 bridgehead atoms. The van der Waals surface area contributed by atoms with Crippen molar-refractivity contribution in [1.29, 1.82) is 0 Å². The summed E-state index contributed by atoms with van der Waals surface area (Å²) in [5.74, 6) is 0.875. The number of nitrogens with one attached hydrogen (secondary N) is 2. The Morgan fingerprint density at radius 1 is 1.00 bits per heavy atom. The van der Waals surface area contributed by atoms with Gasteiger partial charge in [-0.05, 0) is 37.5 Å². The van der Waals surface area contributed by atoms with Crippen molar-refractivity contribution in [1.82, 2.24) is 25.6 Å². The summed E-state index contributed by atoms with van der Waals surface area (Å²) in [5, 5.41) is 6.20. The van der Waals surface area contributed by atoms with Crippen LogP contribution in [0.3, 0.4) is 0 Å². The van der Waals surface area contributed by atoms with E-state index in [0.29, 0.717) is 48.2 Å². The number of amides is 2. The van der Waals surface area contributed by atoms with E-state index in [1.54, 1.807) is 6.07 Å². The van der Waals surface area contributed by atoms with E-state index in [1.165, 1.54) is 11.8 Å². The molecule has 0 radical (unpaired) electrons. The van der Waals surface area contributed by atoms with E-state index in [1.807, 2.05) is 19.9 Å². The topological polar surface area (TPSA) is 123 Å². The van der Waals surface area contributed by atoms with Gasteiger partial charge >= 0.3 is 0 Å². The molecule has 0 saturated carbocycles. The smallest absolute Gasteiger partial charge is 0.251 e. The number of fused-ring (bicyclic) bond motifs is 5. The summed E-state index contributed by atoms with van der Waals surface area (Å²) in [6, 6.07) is 3.75. The molecule has 2 heterocycles. The number of aryl methyl sites for hydroxylation is 2. The molecule has 0 atom stereocenters. The van der Waals surface area contributed by atoms with E-state index in [4.69, 9.17) is 5.73 Å². The second-order valence-corrected chi connectivity index (χ2v) is 7.40. The molecular weight excluding hydrogens is 364 g/mol. The monoisotopic (exact) mass is 386 g/mol. The third-order valence-electron chi connectivity index (χ3n) is 4.21. The van der Waals surface area contributed by atoms with Crippen molar-refractivity contribution in [2.75, 3.05) is 24.6 Å². The molecule has 0 aliphatic carbocycles. The Morgan fingerprint density at radius 3 is 2.56 bits per heavy atom.